The minimum Gasteiger partial charge on any atom is -0.508 e. The van der Waals surface area contributed by atoms with Gasteiger partial charge in [-0.15, -0.1) is 0 Å². The topological polar surface area (TPSA) is 71.0 Å². The van der Waals surface area contributed by atoms with Gasteiger partial charge in [-0.2, -0.15) is 0 Å². The summed E-state index contributed by atoms with van der Waals surface area (Å²) in [4.78, 5) is 15.8. The average Bonchev–Trinajstić information content (AvgIpc) is 3.39. The number of rotatable bonds is 11. The van der Waals surface area contributed by atoms with Crippen LogP contribution in [-0.4, -0.2) is 17.6 Å². The quantitative estimate of drug-likeness (QED) is 0.109. The third-order valence-electron chi connectivity index (χ3n) is 9.37. The Hall–Kier alpha value is -4.94. The maximum absolute atomic E-state index is 13.5. The van der Waals surface area contributed by atoms with Crippen molar-refractivity contribution in [1.82, 2.24) is 0 Å². The molecule has 2 aliphatic heterocycles. The fraction of sp³-hybridized carbons (Fsp3) is 0.244. The molecule has 1 atom stereocenters. The highest BCUT2D eigenvalue weighted by Gasteiger charge is 2.53. The molecule has 1 unspecified atom stereocenters. The number of aryl methyl sites for hydroxylation is 1. The largest absolute Gasteiger partial charge is 0.508 e. The van der Waals surface area contributed by atoms with Gasteiger partial charge in [0.15, 0.2) is 5.60 Å². The van der Waals surface area contributed by atoms with Gasteiger partial charge in [-0.3, -0.25) is 0 Å². The first-order valence-corrected chi connectivity index (χ1v) is 17.1. The lowest BCUT2D eigenvalue weighted by Gasteiger charge is -2.38. The third-order valence-corrected chi connectivity index (χ3v) is 9.63. The zero-order valence-electron chi connectivity index (χ0n) is 27.3. The number of ether oxygens (including phenoxy) is 2. The van der Waals surface area contributed by atoms with E-state index >= 15 is 0 Å². The summed E-state index contributed by atoms with van der Waals surface area (Å²) in [5.74, 6) is 1.13. The van der Waals surface area contributed by atoms with Crippen molar-refractivity contribution in [3.05, 3.63) is 136 Å². The zero-order valence-corrected chi connectivity index (χ0v) is 28.0. The van der Waals surface area contributed by atoms with Crippen molar-refractivity contribution in [3.63, 3.8) is 0 Å². The second-order valence-corrected chi connectivity index (χ2v) is 13.1. The average molecular weight is 659 g/mol. The van der Waals surface area contributed by atoms with Gasteiger partial charge in [0, 0.05) is 57.1 Å². The van der Waals surface area contributed by atoms with Crippen LogP contribution in [0.2, 0.25) is 5.02 Å². The molecule has 5 aromatic carbocycles. The van der Waals surface area contributed by atoms with E-state index in [0.29, 0.717) is 22.1 Å². The van der Waals surface area contributed by atoms with Crippen LogP contribution in [0.4, 0.5) is 22.7 Å². The maximum Gasteiger partial charge on any atom is 0.340 e. The highest BCUT2D eigenvalue weighted by Crippen LogP contribution is 2.57. The molecule has 0 saturated heterocycles. The SMILES string of the molecule is CCCCCCCCN(c1ccc(O)cc1)c1ccc2c(c1)Oc1cc(C)c(Nc3ccc(Cl)cc3)cc1C21OC(=O)c2ccccc21. The number of esters is 1. The van der Waals surface area contributed by atoms with E-state index < -0.39 is 5.60 Å². The molecule has 244 valence electrons. The molecule has 2 aliphatic rings. The molecule has 0 amide bonds. The number of halogens is 1. The highest BCUT2D eigenvalue weighted by atomic mass is 35.5. The molecule has 0 aliphatic carbocycles. The van der Waals surface area contributed by atoms with E-state index in [0.717, 1.165) is 64.4 Å². The van der Waals surface area contributed by atoms with Crippen LogP contribution in [0.3, 0.4) is 0 Å². The number of fused-ring (bicyclic) bond motifs is 6. The standard InChI is InChI=1S/C41H39ClN2O4/c1-3-4-5-6-7-10-23-44(30-17-20-32(45)21-18-30)31-19-22-35-39(25-31)47-38-24-27(2)37(43-29-15-13-28(42)14-16-29)26-36(38)41(35)34-12-9-8-11-33(34)40(46)48-41/h8-9,11-22,24-26,43,45H,3-7,10,23H2,1-2H3. The van der Waals surface area contributed by atoms with Crippen molar-refractivity contribution in [1.29, 1.82) is 0 Å². The van der Waals surface area contributed by atoms with Crippen LogP contribution < -0.4 is 15.0 Å². The van der Waals surface area contributed by atoms with Crippen molar-refractivity contribution in [2.24, 2.45) is 0 Å². The van der Waals surface area contributed by atoms with Crippen molar-refractivity contribution >= 4 is 40.3 Å². The molecule has 7 rings (SSSR count). The minimum absolute atomic E-state index is 0.229. The number of benzene rings is 5. The Labute approximate surface area is 286 Å². The number of aromatic hydroxyl groups is 1. The maximum atomic E-state index is 13.5. The van der Waals surface area contributed by atoms with Gasteiger partial charge in [0.1, 0.15) is 17.2 Å². The van der Waals surface area contributed by atoms with Crippen molar-refractivity contribution < 1.29 is 19.4 Å². The molecule has 48 heavy (non-hydrogen) atoms. The van der Waals surface area contributed by atoms with E-state index in [1.807, 2.05) is 91.9 Å². The lowest BCUT2D eigenvalue weighted by Crippen LogP contribution is -2.33. The van der Waals surface area contributed by atoms with Gasteiger partial charge in [0.2, 0.25) is 0 Å². The molecule has 0 aromatic heterocycles. The Morgan fingerprint density at radius 3 is 2.27 bits per heavy atom. The normalized spacial score (nSPS) is 15.7. The summed E-state index contributed by atoms with van der Waals surface area (Å²) in [5, 5.41) is 14.2. The molecule has 0 radical (unpaired) electrons. The first-order valence-electron chi connectivity index (χ1n) is 16.8. The van der Waals surface area contributed by atoms with Crippen molar-refractivity contribution in [3.8, 4) is 17.2 Å². The molecule has 2 N–H and O–H groups in total. The Balaban J connectivity index is 1.32. The molecular weight excluding hydrogens is 620 g/mol. The predicted octanol–water partition coefficient (Wildman–Crippen LogP) is 11.2. The molecule has 7 heteroatoms. The van der Waals surface area contributed by atoms with Crippen LogP contribution in [-0.2, 0) is 10.3 Å². The Kier molecular flexibility index (Phi) is 8.76. The molecule has 2 heterocycles. The number of carbonyl (C=O) groups excluding carboxylic acids is 1. The molecule has 5 aromatic rings. The van der Waals surface area contributed by atoms with Gasteiger partial charge in [0.25, 0.3) is 0 Å². The van der Waals surface area contributed by atoms with Gasteiger partial charge >= 0.3 is 5.97 Å². The highest BCUT2D eigenvalue weighted by molar-refractivity contribution is 6.30. The van der Waals surface area contributed by atoms with Gasteiger partial charge in [-0.25, -0.2) is 4.79 Å². The summed E-state index contributed by atoms with van der Waals surface area (Å²) < 4.78 is 13.2. The summed E-state index contributed by atoms with van der Waals surface area (Å²) in [5.41, 5.74) is 6.35. The van der Waals surface area contributed by atoms with Crippen LogP contribution >= 0.6 is 11.6 Å². The molecule has 1 spiro atoms. The Morgan fingerprint density at radius 1 is 0.771 bits per heavy atom. The van der Waals surface area contributed by atoms with E-state index in [4.69, 9.17) is 21.1 Å². The Bertz CT molecular complexity index is 1960. The minimum atomic E-state index is -1.19. The van der Waals surface area contributed by atoms with E-state index in [9.17, 15) is 9.90 Å². The van der Waals surface area contributed by atoms with Gasteiger partial charge < -0.3 is 24.8 Å². The Morgan fingerprint density at radius 2 is 1.48 bits per heavy atom. The fourth-order valence-electron chi connectivity index (χ4n) is 6.89. The van der Waals surface area contributed by atoms with Crippen LogP contribution in [0.1, 0.15) is 78.1 Å². The monoisotopic (exact) mass is 658 g/mol. The fourth-order valence-corrected chi connectivity index (χ4v) is 7.02. The molecule has 0 saturated carbocycles. The van der Waals surface area contributed by atoms with Crippen LogP contribution in [0.5, 0.6) is 17.2 Å². The third kappa shape index (κ3) is 5.86. The number of anilines is 4. The van der Waals surface area contributed by atoms with E-state index in [2.05, 4.69) is 23.2 Å². The van der Waals surface area contributed by atoms with Gasteiger partial charge in [0.05, 0.1) is 5.56 Å². The van der Waals surface area contributed by atoms with Crippen LogP contribution in [0.15, 0.2) is 103 Å². The number of nitrogens with one attached hydrogen (secondary N) is 1. The number of phenolic OH excluding ortho intramolecular Hbond substituents is 1. The number of hydrogen-bond donors (Lipinski definition) is 2. The summed E-state index contributed by atoms with van der Waals surface area (Å²) >= 11 is 6.15. The molecular formula is C41H39ClN2O4. The second kappa shape index (κ2) is 13.3. The molecule has 0 bridgehead atoms. The van der Waals surface area contributed by atoms with Gasteiger partial charge in [-0.1, -0.05) is 68.8 Å². The molecule has 6 nitrogen and oxygen atoms in total. The smallest absolute Gasteiger partial charge is 0.340 e. The van der Waals surface area contributed by atoms with Crippen LogP contribution in [0.25, 0.3) is 0 Å². The first-order chi connectivity index (χ1) is 23.4. The lowest BCUT2D eigenvalue weighted by molar-refractivity contribution is 0.0224. The first kappa shape index (κ1) is 31.6. The van der Waals surface area contributed by atoms with Crippen molar-refractivity contribution in [2.75, 3.05) is 16.8 Å². The summed E-state index contributed by atoms with van der Waals surface area (Å²) in [6.07, 6.45) is 7.12. The summed E-state index contributed by atoms with van der Waals surface area (Å²) in [6, 6.07) is 32.7. The van der Waals surface area contributed by atoms with E-state index in [-0.39, 0.29) is 11.7 Å². The molecule has 0 fully saturated rings. The summed E-state index contributed by atoms with van der Waals surface area (Å²) in [6.45, 7) is 5.08. The lowest BCUT2D eigenvalue weighted by atomic mass is 9.77. The van der Waals surface area contributed by atoms with Gasteiger partial charge in [-0.05, 0) is 97.8 Å². The van der Waals surface area contributed by atoms with Crippen LogP contribution in [0, 0.1) is 6.92 Å². The van der Waals surface area contributed by atoms with E-state index in [1.54, 1.807) is 12.1 Å². The number of nitrogens with zero attached hydrogens (tertiary/aromatic N) is 1. The van der Waals surface area contributed by atoms with E-state index in [1.165, 1.54) is 25.7 Å². The number of hydrogen-bond acceptors (Lipinski definition) is 6. The zero-order chi connectivity index (χ0) is 33.3. The predicted molar refractivity (Wildman–Crippen MR) is 193 cm³/mol. The second-order valence-electron chi connectivity index (χ2n) is 12.6. The number of unbranched alkanes of at least 4 members (excludes halogenated alkanes) is 5. The number of carbonyl (C=O) groups is 1. The van der Waals surface area contributed by atoms with Crippen molar-refractivity contribution in [2.45, 2.75) is 58.0 Å². The summed E-state index contributed by atoms with van der Waals surface area (Å²) in [7, 11) is 0. The number of phenols is 1.